The minimum Gasteiger partial charge on any atom is -0.870 e. The molecule has 1 aromatic heterocycles. The van der Waals surface area contributed by atoms with Crippen LogP contribution in [0, 0.1) is 5.92 Å². The van der Waals surface area contributed by atoms with E-state index in [4.69, 9.17) is 0 Å². The number of carbonyl (C=O) groups excluding carboxylic acids is 1. The number of aromatic carboxylic acids is 1. The minimum absolute atomic E-state index is 0. The van der Waals surface area contributed by atoms with Crippen molar-refractivity contribution >= 4 is 28.2 Å². The van der Waals surface area contributed by atoms with Crippen LogP contribution in [-0.2, 0) is 11.2 Å². The van der Waals surface area contributed by atoms with Crippen LogP contribution in [0.15, 0.2) is 0 Å². The van der Waals surface area contributed by atoms with E-state index in [0.717, 1.165) is 42.5 Å². The smallest absolute Gasteiger partial charge is 0.870 e. The molecule has 2 aliphatic carbocycles. The van der Waals surface area contributed by atoms with Crippen molar-refractivity contribution in [2.24, 2.45) is 5.92 Å². The zero-order valence-corrected chi connectivity index (χ0v) is 13.6. The molecule has 0 aromatic carbocycles. The van der Waals surface area contributed by atoms with Gasteiger partial charge in [-0.3, -0.25) is 4.79 Å². The van der Waals surface area contributed by atoms with Gasteiger partial charge in [-0.05, 0) is 43.6 Å². The molecule has 22 heavy (non-hydrogen) atoms. The van der Waals surface area contributed by atoms with Crippen LogP contribution in [0.1, 0.15) is 59.3 Å². The summed E-state index contributed by atoms with van der Waals surface area (Å²) in [6.07, 6.45) is 4.80. The first-order valence-corrected chi connectivity index (χ1v) is 7.59. The van der Waals surface area contributed by atoms with Gasteiger partial charge in [-0.15, -0.1) is 11.3 Å². The molecule has 118 valence electrons. The Balaban J connectivity index is 0.00000147. The summed E-state index contributed by atoms with van der Waals surface area (Å²) in [4.78, 5) is 24.5. The molecule has 1 fully saturated rings. The second kappa shape index (κ2) is 8.13. The summed E-state index contributed by atoms with van der Waals surface area (Å²) in [5.41, 5.74) is 1.28. The largest absolute Gasteiger partial charge is 1.00 e. The Morgan fingerprint density at radius 1 is 1.27 bits per heavy atom. The number of carboxylic acid groups (broad SMARTS) is 1. The molecule has 0 saturated heterocycles. The maximum atomic E-state index is 11.8. The molecule has 0 aliphatic heterocycles. The van der Waals surface area contributed by atoms with E-state index in [0.29, 0.717) is 16.5 Å². The van der Waals surface area contributed by atoms with Crippen molar-refractivity contribution < 1.29 is 44.5 Å². The number of thiophene rings is 1. The van der Waals surface area contributed by atoms with Gasteiger partial charge in [0.1, 0.15) is 5.00 Å². The number of rotatable bonds is 3. The van der Waals surface area contributed by atoms with Gasteiger partial charge in [-0.25, -0.2) is 4.79 Å². The summed E-state index contributed by atoms with van der Waals surface area (Å²) in [5, 5.41) is 12.8. The van der Waals surface area contributed by atoms with Crippen molar-refractivity contribution in [3.8, 4) is 0 Å². The molecule has 1 amide bonds. The predicted molar refractivity (Wildman–Crippen MR) is 79.5 cm³/mol. The standard InChI is InChI=1S/C14H17NO3S.Li.2H2O/c1-7-3-2-4-9-10(14(17)18)13(19-11(7)9)15-12(16)8-5-6-8;;;/h7-8H,2-6H2,1H3,(H,15,16)(H,17,18);;2*1H2/q;+1;;/p-1. The molecule has 8 heteroatoms. The normalized spacial score (nSPS) is 18.9. The number of hydrogen-bond acceptors (Lipinski definition) is 4. The van der Waals surface area contributed by atoms with Gasteiger partial charge >= 0.3 is 24.8 Å². The predicted octanol–water partition coefficient (Wildman–Crippen LogP) is -0.763. The zero-order valence-electron chi connectivity index (χ0n) is 12.8. The van der Waals surface area contributed by atoms with Crippen LogP contribution < -0.4 is 24.2 Å². The summed E-state index contributed by atoms with van der Waals surface area (Å²) >= 11 is 1.46. The summed E-state index contributed by atoms with van der Waals surface area (Å²) in [5.74, 6) is -0.442. The van der Waals surface area contributed by atoms with Crippen molar-refractivity contribution in [1.29, 1.82) is 0 Å². The first-order chi connectivity index (χ1) is 9.08. The van der Waals surface area contributed by atoms with E-state index >= 15 is 0 Å². The average molecular weight is 321 g/mol. The molecule has 3 rings (SSSR count). The van der Waals surface area contributed by atoms with E-state index < -0.39 is 5.97 Å². The molecular weight excluding hydrogens is 301 g/mol. The van der Waals surface area contributed by atoms with Crippen LogP contribution in [0.2, 0.25) is 0 Å². The van der Waals surface area contributed by atoms with E-state index in [1.807, 2.05) is 0 Å². The fourth-order valence-electron chi connectivity index (χ4n) is 2.72. The Morgan fingerprint density at radius 3 is 2.45 bits per heavy atom. The maximum absolute atomic E-state index is 11.8. The summed E-state index contributed by atoms with van der Waals surface area (Å²) in [6, 6.07) is 0. The third-order valence-electron chi connectivity index (χ3n) is 3.95. The van der Waals surface area contributed by atoms with Gasteiger partial charge < -0.3 is 21.4 Å². The van der Waals surface area contributed by atoms with Gasteiger partial charge in [0.25, 0.3) is 0 Å². The Hall–Kier alpha value is -0.843. The Morgan fingerprint density at radius 2 is 1.91 bits per heavy atom. The first-order valence-electron chi connectivity index (χ1n) is 6.77. The van der Waals surface area contributed by atoms with Crippen LogP contribution in [-0.4, -0.2) is 27.9 Å². The third-order valence-corrected chi connectivity index (χ3v) is 5.33. The van der Waals surface area contributed by atoms with Gasteiger partial charge in [-0.2, -0.15) is 0 Å². The number of hydrogen-bond donors (Lipinski definition) is 2. The van der Waals surface area contributed by atoms with E-state index in [-0.39, 0.29) is 41.6 Å². The fourth-order valence-corrected chi connectivity index (χ4v) is 4.05. The van der Waals surface area contributed by atoms with E-state index in [2.05, 4.69) is 12.2 Å². The molecule has 1 saturated carbocycles. The summed E-state index contributed by atoms with van der Waals surface area (Å²) < 4.78 is 0. The molecule has 0 bridgehead atoms. The Kier molecular flexibility index (Phi) is 7.82. The molecule has 2 aliphatic rings. The first kappa shape index (κ1) is 21.2. The van der Waals surface area contributed by atoms with Crippen molar-refractivity contribution in [3.63, 3.8) is 0 Å². The van der Waals surface area contributed by atoms with Crippen LogP contribution >= 0.6 is 11.3 Å². The van der Waals surface area contributed by atoms with Gasteiger partial charge in [0, 0.05) is 10.8 Å². The topological polar surface area (TPSA) is 128 Å². The molecule has 1 aromatic rings. The van der Waals surface area contributed by atoms with Crippen molar-refractivity contribution in [2.45, 2.75) is 44.9 Å². The average Bonchev–Trinajstić information content (AvgIpc) is 3.12. The van der Waals surface area contributed by atoms with E-state index in [1.54, 1.807) is 0 Å². The van der Waals surface area contributed by atoms with Crippen LogP contribution in [0.25, 0.3) is 0 Å². The Labute approximate surface area is 145 Å². The van der Waals surface area contributed by atoms with Crippen molar-refractivity contribution in [2.75, 3.05) is 5.32 Å². The number of fused-ring (bicyclic) bond motifs is 1. The number of anilines is 1. The molecule has 5 N–H and O–H groups in total. The van der Waals surface area contributed by atoms with E-state index in [1.165, 1.54) is 11.3 Å². The second-order valence-corrected chi connectivity index (χ2v) is 6.56. The second-order valence-electron chi connectivity index (χ2n) is 5.51. The van der Waals surface area contributed by atoms with Gasteiger partial charge in [-0.1, -0.05) is 6.92 Å². The van der Waals surface area contributed by atoms with Crippen LogP contribution in [0.4, 0.5) is 5.00 Å². The van der Waals surface area contributed by atoms with E-state index in [9.17, 15) is 14.7 Å². The molecule has 1 unspecified atom stereocenters. The number of carbonyl (C=O) groups is 2. The maximum Gasteiger partial charge on any atom is 1.00 e. The van der Waals surface area contributed by atoms with Crippen LogP contribution in [0.3, 0.4) is 0 Å². The van der Waals surface area contributed by atoms with Gasteiger partial charge in [0.2, 0.25) is 5.91 Å². The molecule has 1 heterocycles. The Bertz CT molecular complexity index is 556. The molecule has 1 atom stereocenters. The molecule has 0 radical (unpaired) electrons. The molecule has 0 spiro atoms. The van der Waals surface area contributed by atoms with Crippen LogP contribution in [0.5, 0.6) is 0 Å². The number of amides is 1. The SMILES string of the molecule is CC1CCCc2c1sc(NC(=O)C1CC1)c2C(=O)O.O.[Li+].[OH-]. The molecular formula is C14H20LiNO5S. The summed E-state index contributed by atoms with van der Waals surface area (Å²) in [7, 11) is 0. The number of carboxylic acids is 1. The monoisotopic (exact) mass is 321 g/mol. The van der Waals surface area contributed by atoms with Gasteiger partial charge in [0.05, 0.1) is 5.56 Å². The minimum atomic E-state index is -0.919. The third kappa shape index (κ3) is 3.92. The van der Waals surface area contributed by atoms with Crippen molar-refractivity contribution in [3.05, 3.63) is 16.0 Å². The van der Waals surface area contributed by atoms with Gasteiger partial charge in [0.15, 0.2) is 0 Å². The van der Waals surface area contributed by atoms with Crippen molar-refractivity contribution in [1.82, 2.24) is 0 Å². The quantitative estimate of drug-likeness (QED) is 0.709. The molecule has 6 nitrogen and oxygen atoms in total. The zero-order chi connectivity index (χ0) is 13.6. The summed E-state index contributed by atoms with van der Waals surface area (Å²) in [6.45, 7) is 2.13. The fraction of sp³-hybridized carbons (Fsp3) is 0.571. The number of nitrogens with one attached hydrogen (secondary N) is 1.